The summed E-state index contributed by atoms with van der Waals surface area (Å²) in [5.74, 6) is -5.76. The Hall–Kier alpha value is -3.79. The van der Waals surface area contributed by atoms with Gasteiger partial charge in [-0.25, -0.2) is 9.07 Å². The van der Waals surface area contributed by atoms with Gasteiger partial charge in [0.2, 0.25) is 5.56 Å². The number of rotatable bonds is 8. The molecule has 2 atom stereocenters. The van der Waals surface area contributed by atoms with Gasteiger partial charge in [0, 0.05) is 36.6 Å². The summed E-state index contributed by atoms with van der Waals surface area (Å²) in [5, 5.41) is 7.56. The molecule has 0 bridgehead atoms. The average molecular weight is 577 g/mol. The number of alkyl halides is 2. The van der Waals surface area contributed by atoms with Gasteiger partial charge >= 0.3 is 5.92 Å². The van der Waals surface area contributed by atoms with E-state index in [-0.39, 0.29) is 22.1 Å². The fraction of sp³-hybridized carbons (Fsp3) is 0.345. The van der Waals surface area contributed by atoms with Crippen LogP contribution in [0.5, 0.6) is 5.75 Å². The van der Waals surface area contributed by atoms with Gasteiger partial charge in [0.05, 0.1) is 23.4 Å². The van der Waals surface area contributed by atoms with Crippen molar-refractivity contribution in [1.29, 1.82) is 0 Å². The van der Waals surface area contributed by atoms with Gasteiger partial charge in [0.1, 0.15) is 17.7 Å². The van der Waals surface area contributed by atoms with E-state index in [0.29, 0.717) is 23.7 Å². The topological polar surface area (TPSA) is 78.2 Å². The number of pyridine rings is 1. The molecule has 0 radical (unpaired) electrons. The zero-order valence-electron chi connectivity index (χ0n) is 23.1. The number of nitrogens with zero attached hydrogens (tertiary/aromatic N) is 3. The minimum absolute atomic E-state index is 0.0947. The number of benzene rings is 2. The maximum atomic E-state index is 14.3. The number of hydrogen-bond acceptors (Lipinski definition) is 4. The SMILES string of the molecule is CC.CC(C)C(NC(=O)C(C)(F)F)[C@H](Oc1ccc2c(cnn2-c2ccc(=O)n(C)c2)c1)c1cc(F)cc(Cl)c1. The van der Waals surface area contributed by atoms with Crippen molar-refractivity contribution in [2.75, 3.05) is 0 Å². The first-order valence-electron chi connectivity index (χ1n) is 12.8. The summed E-state index contributed by atoms with van der Waals surface area (Å²) < 4.78 is 51.1. The number of carbonyl (C=O) groups excluding carboxylic acids is 1. The number of aryl methyl sites for hydroxylation is 1. The van der Waals surface area contributed by atoms with Crippen LogP contribution in [-0.4, -0.2) is 32.2 Å². The highest BCUT2D eigenvalue weighted by Crippen LogP contribution is 2.33. The Morgan fingerprint density at radius 1 is 1.10 bits per heavy atom. The molecule has 11 heteroatoms. The second-order valence-electron chi connectivity index (χ2n) is 9.49. The number of carbonyl (C=O) groups is 1. The number of aromatic nitrogens is 3. The van der Waals surface area contributed by atoms with Crippen LogP contribution in [0.4, 0.5) is 13.2 Å². The van der Waals surface area contributed by atoms with Crippen LogP contribution in [0.15, 0.2) is 65.7 Å². The monoisotopic (exact) mass is 576 g/mol. The molecular weight excluding hydrogens is 545 g/mol. The second kappa shape index (κ2) is 12.6. The van der Waals surface area contributed by atoms with Crippen molar-refractivity contribution in [3.05, 3.63) is 87.7 Å². The standard InChI is InChI=1S/C27H26ClF3N4O3.C2H6/c1-15(2)24(33-26(37)27(3,30)31)25(16-9-18(28)12-19(29)10-16)38-21-6-7-22-17(11-21)13-32-35(22)20-5-8-23(36)34(4)14-20;1-2/h5-15,24-25H,1-4H3,(H,33,37);1-2H3/t24?,25-;/m1./s1. The van der Waals surface area contributed by atoms with Gasteiger partial charge in [-0.15, -0.1) is 0 Å². The lowest BCUT2D eigenvalue weighted by molar-refractivity contribution is -0.145. The summed E-state index contributed by atoms with van der Waals surface area (Å²) in [4.78, 5) is 24.0. The molecule has 0 saturated carbocycles. The second-order valence-corrected chi connectivity index (χ2v) is 9.92. The molecule has 2 heterocycles. The first-order chi connectivity index (χ1) is 18.8. The van der Waals surface area contributed by atoms with E-state index in [2.05, 4.69) is 10.4 Å². The third kappa shape index (κ3) is 7.04. The number of fused-ring (bicyclic) bond motifs is 1. The third-order valence-electron chi connectivity index (χ3n) is 6.07. The molecule has 0 spiro atoms. The molecule has 1 amide bonds. The van der Waals surface area contributed by atoms with Crippen molar-refractivity contribution in [2.24, 2.45) is 13.0 Å². The van der Waals surface area contributed by atoms with Crippen molar-refractivity contribution >= 4 is 28.4 Å². The Morgan fingerprint density at radius 2 is 1.80 bits per heavy atom. The van der Waals surface area contributed by atoms with Gasteiger partial charge in [-0.1, -0.05) is 39.3 Å². The van der Waals surface area contributed by atoms with Gasteiger partial charge < -0.3 is 14.6 Å². The quantitative estimate of drug-likeness (QED) is 0.261. The number of nitrogens with one attached hydrogen (secondary N) is 1. The largest absolute Gasteiger partial charge is 0.484 e. The number of amides is 1. The Kier molecular flexibility index (Phi) is 9.68. The number of ether oxygens (including phenoxy) is 1. The first-order valence-corrected chi connectivity index (χ1v) is 13.2. The van der Waals surface area contributed by atoms with Gasteiger partial charge in [-0.05, 0) is 53.9 Å². The van der Waals surface area contributed by atoms with Crippen LogP contribution >= 0.6 is 11.6 Å². The number of halogens is 4. The zero-order chi connectivity index (χ0) is 29.8. The minimum atomic E-state index is -3.62. The Bertz CT molecular complexity index is 1530. The molecule has 2 aromatic carbocycles. The van der Waals surface area contributed by atoms with E-state index in [9.17, 15) is 22.8 Å². The fourth-order valence-corrected chi connectivity index (χ4v) is 4.33. The van der Waals surface area contributed by atoms with Crippen LogP contribution in [-0.2, 0) is 11.8 Å². The summed E-state index contributed by atoms with van der Waals surface area (Å²) in [6, 6.07) is 11.0. The average Bonchev–Trinajstić information content (AvgIpc) is 3.30. The molecule has 2 aromatic heterocycles. The molecule has 0 aliphatic heterocycles. The van der Waals surface area contributed by atoms with Gasteiger partial charge in [-0.2, -0.15) is 13.9 Å². The Labute approximate surface area is 235 Å². The minimum Gasteiger partial charge on any atom is -0.484 e. The van der Waals surface area contributed by atoms with E-state index in [1.165, 1.54) is 22.8 Å². The van der Waals surface area contributed by atoms with Gasteiger partial charge in [0.25, 0.3) is 5.91 Å². The Morgan fingerprint density at radius 3 is 2.40 bits per heavy atom. The summed E-state index contributed by atoms with van der Waals surface area (Å²) in [6.07, 6.45) is 2.22. The molecule has 0 saturated heterocycles. The maximum absolute atomic E-state index is 14.3. The Balaban J connectivity index is 0.00000216. The zero-order valence-corrected chi connectivity index (χ0v) is 23.8. The van der Waals surface area contributed by atoms with Crippen molar-refractivity contribution in [1.82, 2.24) is 19.7 Å². The van der Waals surface area contributed by atoms with Gasteiger partial charge in [0.15, 0.2) is 0 Å². The van der Waals surface area contributed by atoms with Crippen LogP contribution in [0.1, 0.15) is 46.3 Å². The number of hydrogen-bond donors (Lipinski definition) is 1. The van der Waals surface area contributed by atoms with Crippen LogP contribution < -0.4 is 15.6 Å². The fourth-order valence-electron chi connectivity index (χ4n) is 4.10. The van der Waals surface area contributed by atoms with Gasteiger partial charge in [-0.3, -0.25) is 9.59 Å². The predicted octanol–water partition coefficient (Wildman–Crippen LogP) is 6.46. The lowest BCUT2D eigenvalue weighted by Gasteiger charge is -2.32. The highest BCUT2D eigenvalue weighted by Gasteiger charge is 2.38. The summed E-state index contributed by atoms with van der Waals surface area (Å²) in [7, 11) is 1.64. The van der Waals surface area contributed by atoms with Crippen molar-refractivity contribution in [3.8, 4) is 11.4 Å². The highest BCUT2D eigenvalue weighted by atomic mass is 35.5. The molecule has 0 aliphatic carbocycles. The molecule has 7 nitrogen and oxygen atoms in total. The lowest BCUT2D eigenvalue weighted by Crippen LogP contribution is -2.49. The molecule has 0 aliphatic rings. The smallest absolute Gasteiger partial charge is 0.321 e. The molecular formula is C29H32ClF3N4O3. The maximum Gasteiger partial charge on any atom is 0.321 e. The first kappa shape index (κ1) is 30.7. The molecule has 214 valence electrons. The molecule has 1 N–H and O–H groups in total. The summed E-state index contributed by atoms with van der Waals surface area (Å²) >= 11 is 6.08. The van der Waals surface area contributed by atoms with E-state index in [0.717, 1.165) is 11.6 Å². The van der Waals surface area contributed by atoms with Crippen LogP contribution in [0, 0.1) is 11.7 Å². The predicted molar refractivity (Wildman–Crippen MR) is 150 cm³/mol. The molecule has 40 heavy (non-hydrogen) atoms. The lowest BCUT2D eigenvalue weighted by atomic mass is 9.92. The van der Waals surface area contributed by atoms with Crippen LogP contribution in [0.3, 0.4) is 0 Å². The van der Waals surface area contributed by atoms with E-state index in [1.54, 1.807) is 62.2 Å². The molecule has 1 unspecified atom stereocenters. The summed E-state index contributed by atoms with van der Waals surface area (Å²) in [6.45, 7) is 7.97. The third-order valence-corrected chi connectivity index (χ3v) is 6.29. The molecule has 0 fully saturated rings. The van der Waals surface area contributed by atoms with Crippen molar-refractivity contribution < 1.29 is 22.7 Å². The summed E-state index contributed by atoms with van der Waals surface area (Å²) in [5.41, 5.74) is 1.51. The highest BCUT2D eigenvalue weighted by molar-refractivity contribution is 6.30. The molecule has 4 aromatic rings. The van der Waals surface area contributed by atoms with Crippen molar-refractivity contribution in [3.63, 3.8) is 0 Å². The van der Waals surface area contributed by atoms with E-state index in [1.807, 2.05) is 13.8 Å². The normalized spacial score (nSPS) is 13.0. The van der Waals surface area contributed by atoms with Crippen molar-refractivity contribution in [2.45, 2.75) is 52.7 Å². The van der Waals surface area contributed by atoms with E-state index in [4.69, 9.17) is 16.3 Å². The van der Waals surface area contributed by atoms with Crippen LogP contribution in [0.2, 0.25) is 5.02 Å². The molecule has 4 rings (SSSR count). The van der Waals surface area contributed by atoms with Crippen LogP contribution in [0.25, 0.3) is 16.6 Å². The van der Waals surface area contributed by atoms with E-state index >= 15 is 0 Å². The van der Waals surface area contributed by atoms with E-state index < -0.39 is 29.8 Å².